The van der Waals surface area contributed by atoms with E-state index in [9.17, 15) is 8.78 Å². The average Bonchev–Trinajstić information content (AvgIpc) is 2.26. The molecule has 2 rings (SSSR count). The van der Waals surface area contributed by atoms with Gasteiger partial charge in [-0.15, -0.1) is 0 Å². The molecule has 0 spiro atoms. The van der Waals surface area contributed by atoms with Gasteiger partial charge in [0.05, 0.1) is 10.7 Å². The molecule has 0 unspecified atom stereocenters. The molecule has 1 nitrogen and oxygen atoms in total. The summed E-state index contributed by atoms with van der Waals surface area (Å²) in [6.07, 6.45) is 0. The van der Waals surface area contributed by atoms with Crippen LogP contribution >= 0.6 is 11.6 Å². The number of halogens is 3. The van der Waals surface area contributed by atoms with E-state index in [1.165, 1.54) is 6.07 Å². The summed E-state index contributed by atoms with van der Waals surface area (Å²) < 4.78 is 26.4. The number of nitrogen functional groups attached to an aromatic ring is 1. The molecule has 0 aliphatic carbocycles. The molecule has 0 saturated heterocycles. The monoisotopic (exact) mass is 239 g/mol. The minimum Gasteiger partial charge on any atom is -0.398 e. The Morgan fingerprint density at radius 3 is 2.44 bits per heavy atom. The van der Waals surface area contributed by atoms with Crippen LogP contribution in [0, 0.1) is 11.6 Å². The van der Waals surface area contributed by atoms with Crippen LogP contribution in [0.5, 0.6) is 0 Å². The normalized spacial score (nSPS) is 10.4. The summed E-state index contributed by atoms with van der Waals surface area (Å²) in [6, 6.07) is 7.93. The second-order valence-corrected chi connectivity index (χ2v) is 3.77. The van der Waals surface area contributed by atoms with Gasteiger partial charge in [0.25, 0.3) is 0 Å². The highest BCUT2D eigenvalue weighted by Crippen LogP contribution is 2.29. The second-order valence-electron chi connectivity index (χ2n) is 3.36. The number of anilines is 1. The molecule has 0 fully saturated rings. The molecule has 2 aromatic carbocycles. The van der Waals surface area contributed by atoms with Crippen LogP contribution in [0.25, 0.3) is 11.1 Å². The lowest BCUT2D eigenvalue weighted by Gasteiger charge is -2.05. The Kier molecular flexibility index (Phi) is 2.79. The van der Waals surface area contributed by atoms with Crippen molar-refractivity contribution in [2.45, 2.75) is 0 Å². The molecule has 0 bridgehead atoms. The third-order valence-electron chi connectivity index (χ3n) is 2.24. The van der Waals surface area contributed by atoms with Gasteiger partial charge in [-0.1, -0.05) is 17.7 Å². The van der Waals surface area contributed by atoms with Crippen molar-refractivity contribution in [1.82, 2.24) is 0 Å². The summed E-state index contributed by atoms with van der Waals surface area (Å²) in [4.78, 5) is 0. The third kappa shape index (κ3) is 1.99. The van der Waals surface area contributed by atoms with E-state index < -0.39 is 11.6 Å². The van der Waals surface area contributed by atoms with Crippen molar-refractivity contribution in [3.8, 4) is 11.1 Å². The molecule has 0 aliphatic heterocycles. The minimum absolute atomic E-state index is 0.168. The zero-order valence-electron chi connectivity index (χ0n) is 8.18. The average molecular weight is 240 g/mol. The summed E-state index contributed by atoms with van der Waals surface area (Å²) in [5.74, 6) is -0.994. The zero-order valence-corrected chi connectivity index (χ0v) is 8.93. The minimum atomic E-state index is -0.498. The Bertz CT molecular complexity index is 541. The SMILES string of the molecule is Nc1ccc(-c2cc(F)ccc2F)cc1Cl. The molecule has 2 N–H and O–H groups in total. The molecule has 0 saturated carbocycles. The number of nitrogens with two attached hydrogens (primary N) is 1. The van der Waals surface area contributed by atoms with Crippen LogP contribution in [-0.4, -0.2) is 0 Å². The molecule has 0 atom stereocenters. The maximum atomic E-state index is 13.4. The van der Waals surface area contributed by atoms with E-state index >= 15 is 0 Å². The van der Waals surface area contributed by atoms with Gasteiger partial charge in [-0.3, -0.25) is 0 Å². The van der Waals surface area contributed by atoms with Crippen molar-refractivity contribution >= 4 is 17.3 Å². The maximum Gasteiger partial charge on any atom is 0.131 e. The lowest BCUT2D eigenvalue weighted by molar-refractivity contribution is 0.603. The van der Waals surface area contributed by atoms with Crippen molar-refractivity contribution in [3.63, 3.8) is 0 Å². The topological polar surface area (TPSA) is 26.0 Å². The van der Waals surface area contributed by atoms with Gasteiger partial charge >= 0.3 is 0 Å². The summed E-state index contributed by atoms with van der Waals surface area (Å²) in [5, 5.41) is 0.321. The van der Waals surface area contributed by atoms with E-state index in [4.69, 9.17) is 17.3 Å². The Balaban J connectivity index is 2.58. The second kappa shape index (κ2) is 4.10. The first kappa shape index (κ1) is 10.9. The van der Waals surface area contributed by atoms with E-state index in [1.807, 2.05) is 0 Å². The van der Waals surface area contributed by atoms with Crippen LogP contribution in [0.4, 0.5) is 14.5 Å². The van der Waals surface area contributed by atoms with Gasteiger partial charge in [0.15, 0.2) is 0 Å². The van der Waals surface area contributed by atoms with Gasteiger partial charge in [0, 0.05) is 5.56 Å². The first-order valence-electron chi connectivity index (χ1n) is 4.58. The standard InChI is InChI=1S/C12H8ClF2N/c13-10-5-7(1-4-12(10)16)9-6-8(14)2-3-11(9)15/h1-6H,16H2. The van der Waals surface area contributed by atoms with Crippen LogP contribution in [0.15, 0.2) is 36.4 Å². The van der Waals surface area contributed by atoms with Crippen LogP contribution in [0.2, 0.25) is 5.02 Å². The predicted octanol–water partition coefficient (Wildman–Crippen LogP) is 3.87. The van der Waals surface area contributed by atoms with Crippen molar-refractivity contribution < 1.29 is 8.78 Å². The molecular weight excluding hydrogens is 232 g/mol. The van der Waals surface area contributed by atoms with Crippen LogP contribution in [0.1, 0.15) is 0 Å². The highest BCUT2D eigenvalue weighted by atomic mass is 35.5. The molecule has 4 heteroatoms. The first-order valence-corrected chi connectivity index (χ1v) is 4.96. The number of hydrogen-bond acceptors (Lipinski definition) is 1. The van der Waals surface area contributed by atoms with Crippen molar-refractivity contribution in [2.75, 3.05) is 5.73 Å². The molecule has 2 aromatic rings. The highest BCUT2D eigenvalue weighted by Gasteiger charge is 2.07. The van der Waals surface area contributed by atoms with Crippen molar-refractivity contribution in [1.29, 1.82) is 0 Å². The Morgan fingerprint density at radius 1 is 1.00 bits per heavy atom. The maximum absolute atomic E-state index is 13.4. The van der Waals surface area contributed by atoms with E-state index in [0.29, 0.717) is 16.3 Å². The largest absolute Gasteiger partial charge is 0.398 e. The molecular formula is C12H8ClF2N. The van der Waals surface area contributed by atoms with E-state index in [0.717, 1.165) is 18.2 Å². The zero-order chi connectivity index (χ0) is 11.7. The van der Waals surface area contributed by atoms with Gasteiger partial charge in [-0.05, 0) is 35.9 Å². The summed E-state index contributed by atoms with van der Waals surface area (Å²) in [5.41, 5.74) is 6.60. The van der Waals surface area contributed by atoms with Crippen LogP contribution in [-0.2, 0) is 0 Å². The predicted molar refractivity (Wildman–Crippen MR) is 61.2 cm³/mol. The number of hydrogen-bond donors (Lipinski definition) is 1. The molecule has 82 valence electrons. The highest BCUT2D eigenvalue weighted by molar-refractivity contribution is 6.33. The summed E-state index contributed by atoms with van der Waals surface area (Å²) in [7, 11) is 0. The number of benzene rings is 2. The van der Waals surface area contributed by atoms with Crippen molar-refractivity contribution in [2.24, 2.45) is 0 Å². The van der Waals surface area contributed by atoms with Gasteiger partial charge in [-0.25, -0.2) is 8.78 Å². The Morgan fingerprint density at radius 2 is 1.75 bits per heavy atom. The molecule has 0 aromatic heterocycles. The smallest absolute Gasteiger partial charge is 0.131 e. The van der Waals surface area contributed by atoms with E-state index in [1.54, 1.807) is 12.1 Å². The fourth-order valence-electron chi connectivity index (χ4n) is 1.41. The van der Waals surface area contributed by atoms with Gasteiger partial charge in [0.1, 0.15) is 11.6 Å². The molecule has 0 heterocycles. The van der Waals surface area contributed by atoms with Gasteiger partial charge in [0.2, 0.25) is 0 Å². The van der Waals surface area contributed by atoms with Crippen LogP contribution < -0.4 is 5.73 Å². The number of rotatable bonds is 1. The Labute approximate surface area is 96.5 Å². The van der Waals surface area contributed by atoms with Gasteiger partial charge in [-0.2, -0.15) is 0 Å². The quantitative estimate of drug-likeness (QED) is 0.751. The van der Waals surface area contributed by atoms with E-state index in [2.05, 4.69) is 0 Å². The molecule has 0 amide bonds. The van der Waals surface area contributed by atoms with Crippen LogP contribution in [0.3, 0.4) is 0 Å². The molecule has 0 aliphatic rings. The fourth-order valence-corrected chi connectivity index (χ4v) is 1.59. The third-order valence-corrected chi connectivity index (χ3v) is 2.57. The lowest BCUT2D eigenvalue weighted by atomic mass is 10.0. The first-order chi connectivity index (χ1) is 7.58. The fraction of sp³-hybridized carbons (Fsp3) is 0. The molecule has 16 heavy (non-hydrogen) atoms. The van der Waals surface area contributed by atoms with Gasteiger partial charge < -0.3 is 5.73 Å². The van der Waals surface area contributed by atoms with Crippen molar-refractivity contribution in [3.05, 3.63) is 53.1 Å². The Hall–Kier alpha value is -1.61. The molecule has 0 radical (unpaired) electrons. The lowest BCUT2D eigenvalue weighted by Crippen LogP contribution is -1.89. The summed E-state index contributed by atoms with van der Waals surface area (Å²) in [6.45, 7) is 0. The van der Waals surface area contributed by atoms with E-state index in [-0.39, 0.29) is 5.56 Å². The summed E-state index contributed by atoms with van der Waals surface area (Å²) >= 11 is 5.81.